The maximum atomic E-state index is 5.48. The van der Waals surface area contributed by atoms with E-state index in [0.717, 1.165) is 12.1 Å². The van der Waals surface area contributed by atoms with Crippen LogP contribution in [0.1, 0.15) is 26.3 Å². The van der Waals surface area contributed by atoms with E-state index in [-0.39, 0.29) is 7.80 Å². The van der Waals surface area contributed by atoms with Gasteiger partial charge >= 0.3 is 0 Å². The Morgan fingerprint density at radius 3 is 2.19 bits per heavy atom. The highest BCUT2D eigenvalue weighted by molar-refractivity contribution is 7.92. The Morgan fingerprint density at radius 1 is 0.952 bits per heavy atom. The largest absolute Gasteiger partial charge is 0.497 e. The van der Waals surface area contributed by atoms with E-state index in [1.807, 2.05) is 6.07 Å². The van der Waals surface area contributed by atoms with Crippen LogP contribution < -0.4 is 10.0 Å². The van der Waals surface area contributed by atoms with Crippen molar-refractivity contribution in [1.29, 1.82) is 0 Å². The molecule has 0 aliphatic heterocycles. The maximum absolute atomic E-state index is 5.48. The van der Waals surface area contributed by atoms with Crippen molar-refractivity contribution < 1.29 is 4.74 Å². The summed E-state index contributed by atoms with van der Waals surface area (Å²) in [6, 6.07) is 19.3. The molecule has 1 nitrogen and oxygen atoms in total. The normalized spacial score (nSPS) is 12.8. The van der Waals surface area contributed by atoms with Crippen LogP contribution in [-0.2, 0) is 6.32 Å². The Kier molecular flexibility index (Phi) is 5.48. The minimum atomic E-state index is -0.193. The van der Waals surface area contributed by atoms with E-state index in [2.05, 4.69) is 69.3 Å². The second-order valence-corrected chi connectivity index (χ2v) is 9.38. The van der Waals surface area contributed by atoms with Crippen molar-refractivity contribution in [2.75, 3.05) is 7.11 Å². The third kappa shape index (κ3) is 4.35. The molecule has 0 fully saturated rings. The monoisotopic (exact) mass is 298 g/mol. The number of hydrogen-bond donors (Lipinski definition) is 0. The summed E-state index contributed by atoms with van der Waals surface area (Å²) in [4.78, 5) is 0. The zero-order valence-corrected chi connectivity index (χ0v) is 14.4. The fourth-order valence-electron chi connectivity index (χ4n) is 2.60. The number of rotatable bonds is 5. The molecule has 110 valence electrons. The molecule has 21 heavy (non-hydrogen) atoms. The Morgan fingerprint density at radius 2 is 1.57 bits per heavy atom. The Balaban J connectivity index is 2.17. The number of ether oxygens (including phenoxy) is 1. The molecule has 0 heterocycles. The van der Waals surface area contributed by atoms with Gasteiger partial charge in [0.1, 0.15) is 5.75 Å². The van der Waals surface area contributed by atoms with Crippen LogP contribution >= 0.6 is 7.80 Å². The highest BCUT2D eigenvalue weighted by Gasteiger charge is 2.26. The van der Waals surface area contributed by atoms with Crippen molar-refractivity contribution in [3.63, 3.8) is 0 Å². The third-order valence-corrected chi connectivity index (χ3v) is 6.89. The molecule has 0 saturated heterocycles. The zero-order chi connectivity index (χ0) is 15.3. The highest BCUT2D eigenvalue weighted by atomic mass is 31.1. The fourth-order valence-corrected chi connectivity index (χ4v) is 5.30. The van der Waals surface area contributed by atoms with E-state index in [9.17, 15) is 0 Å². The van der Waals surface area contributed by atoms with Crippen LogP contribution in [0.15, 0.2) is 54.6 Å². The molecule has 0 aromatic heterocycles. The minimum Gasteiger partial charge on any atom is -0.497 e. The number of hydrogen-bond acceptors (Lipinski definition) is 1. The average molecular weight is 298 g/mol. The summed E-state index contributed by atoms with van der Waals surface area (Å²) in [6.07, 6.45) is 1.07. The van der Waals surface area contributed by atoms with Crippen LogP contribution in [0.5, 0.6) is 5.75 Å². The van der Waals surface area contributed by atoms with Crippen LogP contribution in [0.2, 0.25) is 0 Å². The van der Waals surface area contributed by atoms with Crippen LogP contribution in [0.3, 0.4) is 0 Å². The molecule has 0 aliphatic rings. The lowest BCUT2D eigenvalue weighted by molar-refractivity contribution is 0.411. The maximum Gasteiger partial charge on any atom is 0.163 e. The van der Waals surface area contributed by atoms with Crippen LogP contribution in [0, 0.1) is 0 Å². The lowest BCUT2D eigenvalue weighted by atomic mass is 9.94. The van der Waals surface area contributed by atoms with Gasteiger partial charge in [-0.25, -0.2) is 0 Å². The van der Waals surface area contributed by atoms with Crippen molar-refractivity contribution in [3.05, 3.63) is 60.2 Å². The van der Waals surface area contributed by atoms with E-state index in [1.54, 1.807) is 7.11 Å². The lowest BCUT2D eigenvalue weighted by Crippen LogP contribution is -2.23. The summed E-state index contributed by atoms with van der Waals surface area (Å²) in [5.41, 5.74) is 1.31. The molecule has 0 saturated carbocycles. The first-order chi connectivity index (χ1) is 10.0. The molecule has 0 unspecified atom stereocenters. The predicted octanol–water partition coefficient (Wildman–Crippen LogP) is 4.15. The molecular formula is C18H24BOP. The molecular weight excluding hydrogens is 274 g/mol. The molecule has 0 amide bonds. The molecule has 0 N–H and O–H groups in total. The van der Waals surface area contributed by atoms with E-state index < -0.39 is 0 Å². The second-order valence-electron chi connectivity index (χ2n) is 6.22. The molecule has 2 aromatic carbocycles. The molecule has 2 rings (SSSR count). The van der Waals surface area contributed by atoms with E-state index in [0.29, 0.717) is 5.16 Å². The molecule has 2 aromatic rings. The fraction of sp³-hybridized carbons (Fsp3) is 0.333. The Hall–Kier alpha value is -1.27. The first-order valence-electron chi connectivity index (χ1n) is 7.47. The Bertz CT molecular complexity index is 563. The summed E-state index contributed by atoms with van der Waals surface area (Å²) in [7, 11) is 1.56. The average Bonchev–Trinajstić information content (AvgIpc) is 2.47. The van der Waals surface area contributed by atoms with Gasteiger partial charge < -0.3 is 4.74 Å². The van der Waals surface area contributed by atoms with Gasteiger partial charge in [-0.3, -0.25) is 0 Å². The van der Waals surface area contributed by atoms with E-state index in [1.165, 1.54) is 17.9 Å². The summed E-state index contributed by atoms with van der Waals surface area (Å²) in [5.74, 6) is 1.01. The highest BCUT2D eigenvalue weighted by Crippen LogP contribution is 2.47. The predicted molar refractivity (Wildman–Crippen MR) is 96.6 cm³/mol. The van der Waals surface area contributed by atoms with Gasteiger partial charge in [0.25, 0.3) is 0 Å². The molecule has 0 spiro atoms. The lowest BCUT2D eigenvalue weighted by Gasteiger charge is -2.32. The van der Waals surface area contributed by atoms with Crippen LogP contribution in [0.25, 0.3) is 0 Å². The van der Waals surface area contributed by atoms with Crippen molar-refractivity contribution in [2.45, 2.75) is 32.2 Å². The summed E-state index contributed by atoms with van der Waals surface area (Å²) >= 11 is 0. The molecule has 0 bridgehead atoms. The van der Waals surface area contributed by atoms with Gasteiger partial charge in [-0.2, -0.15) is 0 Å². The molecule has 0 aliphatic carbocycles. The molecule has 3 heteroatoms. The van der Waals surface area contributed by atoms with E-state index >= 15 is 0 Å². The van der Waals surface area contributed by atoms with Gasteiger partial charge in [0.15, 0.2) is 7.00 Å². The quantitative estimate of drug-likeness (QED) is 0.595. The van der Waals surface area contributed by atoms with Crippen molar-refractivity contribution in [3.8, 4) is 5.75 Å². The summed E-state index contributed by atoms with van der Waals surface area (Å²) < 4.78 is 5.48. The van der Waals surface area contributed by atoms with Crippen LogP contribution in [-0.4, -0.2) is 19.3 Å². The molecule has 1 atom stereocenters. The minimum absolute atomic E-state index is 0.193. The van der Waals surface area contributed by atoms with Gasteiger partial charge in [0.05, 0.1) is 7.11 Å². The van der Waals surface area contributed by atoms with Gasteiger partial charge in [-0.05, 0) is 28.4 Å². The zero-order valence-electron chi connectivity index (χ0n) is 13.5. The first-order valence-corrected chi connectivity index (χ1v) is 8.99. The van der Waals surface area contributed by atoms with Gasteiger partial charge in [-0.15, -0.1) is 7.80 Å². The standard InChI is InChI=1S/C18H24BOP/c1-18(2,3)21(16-11-6-5-7-12-16)19-14-15-10-8-9-13-17(15)20-4/h5-13,19H,14H2,1-4H3/t21-/m1/s1. The van der Waals surface area contributed by atoms with Gasteiger partial charge in [0, 0.05) is 0 Å². The Labute approximate surface area is 130 Å². The number of para-hydroxylation sites is 1. The number of methoxy groups -OCH3 is 1. The second kappa shape index (κ2) is 7.14. The van der Waals surface area contributed by atoms with Gasteiger partial charge in [0.2, 0.25) is 0 Å². The SMILES string of the molecule is COc1ccccc1CB[P@](c1ccccc1)C(C)(C)C. The van der Waals surface area contributed by atoms with E-state index in [4.69, 9.17) is 4.74 Å². The summed E-state index contributed by atoms with van der Waals surface area (Å²) in [5, 5.41) is 1.81. The smallest absolute Gasteiger partial charge is 0.163 e. The van der Waals surface area contributed by atoms with Crippen molar-refractivity contribution >= 4 is 20.1 Å². The van der Waals surface area contributed by atoms with Gasteiger partial charge in [-0.1, -0.05) is 69.3 Å². The van der Waals surface area contributed by atoms with Crippen molar-refractivity contribution in [2.24, 2.45) is 0 Å². The third-order valence-electron chi connectivity index (χ3n) is 3.67. The topological polar surface area (TPSA) is 9.23 Å². The summed E-state index contributed by atoms with van der Waals surface area (Å²) in [6.45, 7) is 8.26. The first kappa shape index (κ1) is 16.1. The van der Waals surface area contributed by atoms with Crippen LogP contribution in [0.4, 0.5) is 0 Å². The van der Waals surface area contributed by atoms with Crippen molar-refractivity contribution in [1.82, 2.24) is 0 Å². The molecule has 0 radical (unpaired) electrons. The number of benzene rings is 2.